The highest BCUT2D eigenvalue weighted by Gasteiger charge is 2.47. The first-order valence-corrected chi connectivity index (χ1v) is 31.1. The van der Waals surface area contributed by atoms with Gasteiger partial charge in [0.1, 0.15) is 24.4 Å². The third kappa shape index (κ3) is 39.2. The summed E-state index contributed by atoms with van der Waals surface area (Å²) >= 11 is 0. The minimum absolute atomic E-state index is 0.129. The molecule has 11 heteroatoms. The Kier molecular flexibility index (Phi) is 48.2. The van der Waals surface area contributed by atoms with Crippen molar-refractivity contribution in [2.24, 2.45) is 0 Å². The number of unbranched alkanes of at least 4 members (excludes halogenated alkanes) is 37. The molecule has 0 aromatic heterocycles. The second-order valence-electron chi connectivity index (χ2n) is 21.8. The third-order valence-corrected chi connectivity index (χ3v) is 14.9. The normalized spacial score (nSPS) is 19.5. The zero-order valence-electron chi connectivity index (χ0n) is 47.5. The van der Waals surface area contributed by atoms with Crippen LogP contribution in [0, 0.1) is 0 Å². The first-order valence-electron chi connectivity index (χ1n) is 31.1. The van der Waals surface area contributed by atoms with E-state index >= 15 is 0 Å². The summed E-state index contributed by atoms with van der Waals surface area (Å²) < 4.78 is 17.6. The summed E-state index contributed by atoms with van der Waals surface area (Å²) in [4.78, 5) is 26.5. The fourth-order valence-electron chi connectivity index (χ4n) is 9.88. The van der Waals surface area contributed by atoms with Crippen LogP contribution in [0.25, 0.3) is 0 Å². The molecule has 0 aromatic carbocycles. The second-order valence-corrected chi connectivity index (χ2v) is 21.8. The second kappa shape index (κ2) is 50.9. The van der Waals surface area contributed by atoms with Gasteiger partial charge in [-0.15, -0.1) is 0 Å². The van der Waals surface area contributed by atoms with Gasteiger partial charge >= 0.3 is 5.97 Å². The molecule has 0 radical (unpaired) electrons. The van der Waals surface area contributed by atoms with E-state index in [0.29, 0.717) is 12.8 Å². The molecule has 73 heavy (non-hydrogen) atoms. The molecular weight excluding hydrogens is 919 g/mol. The first kappa shape index (κ1) is 69.2. The molecule has 0 aromatic rings. The van der Waals surface area contributed by atoms with E-state index < -0.39 is 67.4 Å². The summed E-state index contributed by atoms with van der Waals surface area (Å²) in [7, 11) is 0. The Hall–Kier alpha value is -1.86. The number of hydrogen-bond donors (Lipinski definition) is 6. The van der Waals surface area contributed by atoms with Crippen LogP contribution in [-0.2, 0) is 23.8 Å². The number of ether oxygens (including phenoxy) is 3. The molecular formula is C62H117NO10. The number of nitrogens with one attached hydrogen (secondary N) is 1. The van der Waals surface area contributed by atoms with Gasteiger partial charge in [-0.25, -0.2) is 0 Å². The van der Waals surface area contributed by atoms with Crippen molar-refractivity contribution in [2.45, 2.75) is 346 Å². The molecule has 1 rings (SSSR count). The van der Waals surface area contributed by atoms with Crippen molar-refractivity contribution in [1.82, 2.24) is 5.32 Å². The molecule has 430 valence electrons. The zero-order chi connectivity index (χ0) is 53.3. The molecule has 0 bridgehead atoms. The number of hydrogen-bond acceptors (Lipinski definition) is 10. The van der Waals surface area contributed by atoms with Gasteiger partial charge in [0.05, 0.1) is 25.4 Å². The van der Waals surface area contributed by atoms with Crippen LogP contribution in [0.15, 0.2) is 24.3 Å². The van der Waals surface area contributed by atoms with Gasteiger partial charge in [-0.1, -0.05) is 263 Å². The van der Waals surface area contributed by atoms with E-state index in [-0.39, 0.29) is 19.4 Å². The Morgan fingerprint density at radius 2 is 0.904 bits per heavy atom. The van der Waals surface area contributed by atoms with E-state index in [0.717, 1.165) is 70.6 Å². The van der Waals surface area contributed by atoms with E-state index in [2.05, 4.69) is 38.2 Å². The van der Waals surface area contributed by atoms with Crippen LogP contribution >= 0.6 is 0 Å². The lowest BCUT2D eigenvalue weighted by molar-refractivity contribution is -0.305. The van der Waals surface area contributed by atoms with Gasteiger partial charge in [0, 0.05) is 6.42 Å². The van der Waals surface area contributed by atoms with Crippen LogP contribution in [0.5, 0.6) is 0 Å². The molecule has 1 aliphatic heterocycles. The van der Waals surface area contributed by atoms with E-state index in [1.807, 2.05) is 6.08 Å². The number of carbonyl (C=O) groups is 2. The number of carbonyl (C=O) groups excluding carboxylic acids is 2. The predicted molar refractivity (Wildman–Crippen MR) is 301 cm³/mol. The zero-order valence-corrected chi connectivity index (χ0v) is 47.5. The molecule has 6 N–H and O–H groups in total. The van der Waals surface area contributed by atoms with Crippen LogP contribution in [0.4, 0.5) is 0 Å². The Bertz CT molecular complexity index is 1280. The van der Waals surface area contributed by atoms with Crippen molar-refractivity contribution in [1.29, 1.82) is 0 Å². The molecule has 1 aliphatic rings. The molecule has 11 nitrogen and oxygen atoms in total. The number of allylic oxidation sites excluding steroid dienone is 3. The standard InChI is InChI=1S/C62H117NO10/c1-4-7-10-13-16-19-22-25-27-29-31-34-37-40-43-46-49-55(66)61(70)63-53(54(65)48-45-42-39-36-33-30-24-21-18-15-12-9-6-3)52-71-62-60(59(69)58(68)56(51-64)72-62)73-57(67)50-47-44-41-38-35-32-28-26-23-20-17-14-11-8-5-2/h25,27,45,48,53-56,58-60,62,64-66,68-69H,4-24,26,28-44,46-47,49-52H2,1-3H3,(H,63,70)/b27-25+,48-45+. The van der Waals surface area contributed by atoms with Crippen LogP contribution in [0.2, 0.25) is 0 Å². The molecule has 1 amide bonds. The summed E-state index contributed by atoms with van der Waals surface area (Å²) in [5.74, 6) is -1.19. The van der Waals surface area contributed by atoms with Crippen molar-refractivity contribution in [2.75, 3.05) is 13.2 Å². The maximum atomic E-state index is 13.4. The summed E-state index contributed by atoms with van der Waals surface area (Å²) in [5, 5.41) is 57.0. The lowest BCUT2D eigenvalue weighted by Gasteiger charge is -2.41. The van der Waals surface area contributed by atoms with Gasteiger partial charge in [-0.2, -0.15) is 0 Å². The monoisotopic (exact) mass is 1040 g/mol. The van der Waals surface area contributed by atoms with E-state index in [1.54, 1.807) is 6.08 Å². The highest BCUT2D eigenvalue weighted by atomic mass is 16.7. The Labute approximate surface area is 448 Å². The Balaban J connectivity index is 2.70. The molecule has 0 spiro atoms. The molecule has 0 aliphatic carbocycles. The molecule has 1 fully saturated rings. The third-order valence-electron chi connectivity index (χ3n) is 14.9. The van der Waals surface area contributed by atoms with Crippen LogP contribution in [-0.4, -0.2) is 99.6 Å². The molecule has 1 saturated heterocycles. The number of aliphatic hydroxyl groups excluding tert-OH is 5. The van der Waals surface area contributed by atoms with Crippen LogP contribution in [0.1, 0.15) is 297 Å². The number of esters is 1. The molecule has 8 unspecified atom stereocenters. The van der Waals surface area contributed by atoms with E-state index in [4.69, 9.17) is 14.2 Å². The average Bonchev–Trinajstić information content (AvgIpc) is 3.39. The number of aliphatic hydroxyl groups is 5. The Morgan fingerprint density at radius 3 is 1.33 bits per heavy atom. The Morgan fingerprint density at radius 1 is 0.521 bits per heavy atom. The number of rotatable bonds is 53. The topological polar surface area (TPSA) is 175 Å². The number of amides is 1. The summed E-state index contributed by atoms with van der Waals surface area (Å²) in [6.07, 6.45) is 47.8. The van der Waals surface area contributed by atoms with Gasteiger partial charge in [-0.3, -0.25) is 9.59 Å². The SMILES string of the molecule is CCCCCCCC/C=C/CCCCCCCCC(O)C(=O)NC(COC1OC(CO)C(O)C(O)C1OC(=O)CCCCCCCCCCCCCCCCC)C(O)/C=C/CCCCCCCCCCCCC. The molecule has 1 heterocycles. The van der Waals surface area contributed by atoms with Gasteiger partial charge in [0.25, 0.3) is 0 Å². The van der Waals surface area contributed by atoms with Crippen LogP contribution in [0.3, 0.4) is 0 Å². The highest BCUT2D eigenvalue weighted by molar-refractivity contribution is 5.80. The summed E-state index contributed by atoms with van der Waals surface area (Å²) in [6, 6.07) is -1.02. The predicted octanol–water partition coefficient (Wildman–Crippen LogP) is 14.5. The van der Waals surface area contributed by atoms with Gasteiger partial charge < -0.3 is 45.1 Å². The first-order chi connectivity index (χ1) is 35.7. The van der Waals surface area contributed by atoms with Crippen molar-refractivity contribution >= 4 is 11.9 Å². The van der Waals surface area contributed by atoms with Crippen molar-refractivity contribution in [3.8, 4) is 0 Å². The van der Waals surface area contributed by atoms with Gasteiger partial charge in [0.15, 0.2) is 12.4 Å². The quantitative estimate of drug-likeness (QED) is 0.0195. The fourth-order valence-corrected chi connectivity index (χ4v) is 9.88. The van der Waals surface area contributed by atoms with Gasteiger partial charge in [0.2, 0.25) is 5.91 Å². The van der Waals surface area contributed by atoms with Gasteiger partial charge in [-0.05, 0) is 51.4 Å². The summed E-state index contributed by atoms with van der Waals surface area (Å²) in [5.41, 5.74) is 0. The smallest absolute Gasteiger partial charge is 0.306 e. The summed E-state index contributed by atoms with van der Waals surface area (Å²) in [6.45, 7) is 5.81. The van der Waals surface area contributed by atoms with E-state index in [1.165, 1.54) is 180 Å². The lowest BCUT2D eigenvalue weighted by Crippen LogP contribution is -2.61. The van der Waals surface area contributed by atoms with Crippen molar-refractivity contribution in [3.05, 3.63) is 24.3 Å². The maximum Gasteiger partial charge on any atom is 0.306 e. The highest BCUT2D eigenvalue weighted by Crippen LogP contribution is 2.26. The molecule has 0 saturated carbocycles. The minimum atomic E-state index is -1.61. The fraction of sp³-hybridized carbons (Fsp3) is 0.903. The minimum Gasteiger partial charge on any atom is -0.454 e. The lowest BCUT2D eigenvalue weighted by atomic mass is 9.99. The van der Waals surface area contributed by atoms with Crippen LogP contribution < -0.4 is 5.32 Å². The van der Waals surface area contributed by atoms with Crippen molar-refractivity contribution < 1.29 is 49.3 Å². The van der Waals surface area contributed by atoms with Crippen molar-refractivity contribution in [3.63, 3.8) is 0 Å². The average molecular weight is 1040 g/mol. The molecule has 8 atom stereocenters. The largest absolute Gasteiger partial charge is 0.454 e. The van der Waals surface area contributed by atoms with E-state index in [9.17, 15) is 35.1 Å². The maximum absolute atomic E-state index is 13.4.